The Hall–Kier alpha value is -2.08. The van der Waals surface area contributed by atoms with Crippen molar-refractivity contribution < 1.29 is 22.6 Å². The molecule has 0 aliphatic heterocycles. The van der Waals surface area contributed by atoms with Crippen molar-refractivity contribution >= 4 is 17.3 Å². The Morgan fingerprint density at radius 2 is 1.74 bits per heavy atom. The molecule has 0 heterocycles. The lowest BCUT2D eigenvalue weighted by atomic mass is 10.0. The average molecular weight is 396 g/mol. The summed E-state index contributed by atoms with van der Waals surface area (Å²) in [5.41, 5.74) is 2.28. The SMILES string of the molecule is CCC(=S)Oc1cccc(C(F)(F)F)c1COc1cc(C)c(CC)cc1C. The molecule has 27 heavy (non-hydrogen) atoms. The summed E-state index contributed by atoms with van der Waals surface area (Å²) in [7, 11) is 0. The van der Waals surface area contributed by atoms with Crippen molar-refractivity contribution in [3.05, 3.63) is 58.1 Å². The molecule has 0 bridgehead atoms. The first-order chi connectivity index (χ1) is 12.7. The predicted molar refractivity (Wildman–Crippen MR) is 105 cm³/mol. The summed E-state index contributed by atoms with van der Waals surface area (Å²) in [6.45, 7) is 7.43. The Balaban J connectivity index is 2.39. The highest BCUT2D eigenvalue weighted by molar-refractivity contribution is 7.80. The topological polar surface area (TPSA) is 18.5 Å². The third-order valence-electron chi connectivity index (χ3n) is 4.34. The highest BCUT2D eigenvalue weighted by Gasteiger charge is 2.35. The zero-order chi connectivity index (χ0) is 20.2. The standard InChI is InChI=1S/C21H23F3O2S/c1-5-15-10-14(4)19(11-13(15)3)25-12-16-17(21(22,23)24)8-7-9-18(16)26-20(27)6-2/h7-11H,5-6,12H2,1-4H3. The lowest BCUT2D eigenvalue weighted by molar-refractivity contribution is -0.138. The van der Waals surface area contributed by atoms with Crippen molar-refractivity contribution in [1.82, 2.24) is 0 Å². The summed E-state index contributed by atoms with van der Waals surface area (Å²) in [5.74, 6) is 0.641. The molecular weight excluding hydrogens is 373 g/mol. The van der Waals surface area contributed by atoms with Gasteiger partial charge in [-0.15, -0.1) is 0 Å². The van der Waals surface area contributed by atoms with Crippen LogP contribution in [0.1, 0.15) is 48.1 Å². The van der Waals surface area contributed by atoms with Crippen LogP contribution in [0.5, 0.6) is 11.5 Å². The van der Waals surface area contributed by atoms with Gasteiger partial charge < -0.3 is 9.47 Å². The Bertz CT molecular complexity index is 829. The van der Waals surface area contributed by atoms with Crippen LogP contribution in [0.4, 0.5) is 13.2 Å². The number of aryl methyl sites for hydroxylation is 3. The van der Waals surface area contributed by atoms with E-state index in [0.717, 1.165) is 23.6 Å². The number of thiocarbonyl (C=S) groups is 1. The van der Waals surface area contributed by atoms with Crippen molar-refractivity contribution in [1.29, 1.82) is 0 Å². The molecule has 2 rings (SSSR count). The van der Waals surface area contributed by atoms with Crippen LogP contribution in [0.15, 0.2) is 30.3 Å². The first-order valence-corrected chi connectivity index (χ1v) is 9.20. The Kier molecular flexibility index (Phi) is 6.87. The van der Waals surface area contributed by atoms with Crippen LogP contribution >= 0.6 is 12.2 Å². The van der Waals surface area contributed by atoms with Crippen LogP contribution in [-0.2, 0) is 19.2 Å². The molecule has 0 atom stereocenters. The van der Waals surface area contributed by atoms with Gasteiger partial charge in [0.15, 0.2) is 5.05 Å². The molecule has 2 aromatic rings. The molecule has 0 spiro atoms. The second-order valence-electron chi connectivity index (χ2n) is 6.29. The lowest BCUT2D eigenvalue weighted by Gasteiger charge is -2.19. The van der Waals surface area contributed by atoms with Gasteiger partial charge in [-0.05, 0) is 67.4 Å². The van der Waals surface area contributed by atoms with Gasteiger partial charge in [-0.25, -0.2) is 0 Å². The number of hydrogen-bond acceptors (Lipinski definition) is 3. The van der Waals surface area contributed by atoms with Crippen molar-refractivity contribution in [2.24, 2.45) is 0 Å². The largest absolute Gasteiger partial charge is 0.488 e. The van der Waals surface area contributed by atoms with Gasteiger partial charge in [0, 0.05) is 12.0 Å². The number of hydrogen-bond donors (Lipinski definition) is 0. The van der Waals surface area contributed by atoms with E-state index in [9.17, 15) is 13.2 Å². The maximum Gasteiger partial charge on any atom is 0.416 e. The summed E-state index contributed by atoms with van der Waals surface area (Å²) < 4.78 is 51.6. The van der Waals surface area contributed by atoms with Crippen LogP contribution < -0.4 is 9.47 Å². The molecule has 0 aromatic heterocycles. The summed E-state index contributed by atoms with van der Waals surface area (Å²) in [6.07, 6.45) is -3.19. The molecule has 0 saturated heterocycles. The molecule has 0 amide bonds. The molecule has 0 N–H and O–H groups in total. The van der Waals surface area contributed by atoms with Crippen LogP contribution in [0.25, 0.3) is 0 Å². The minimum Gasteiger partial charge on any atom is -0.488 e. The third-order valence-corrected chi connectivity index (χ3v) is 4.71. The Morgan fingerprint density at radius 3 is 2.33 bits per heavy atom. The number of benzene rings is 2. The van der Waals surface area contributed by atoms with E-state index in [-0.39, 0.29) is 23.0 Å². The molecule has 6 heteroatoms. The Labute approximate surface area is 163 Å². The Morgan fingerprint density at radius 1 is 1.04 bits per heavy atom. The molecule has 2 nitrogen and oxygen atoms in total. The first kappa shape index (κ1) is 21.2. The van der Waals surface area contributed by atoms with Gasteiger partial charge in [-0.2, -0.15) is 13.2 Å². The molecular formula is C21H23F3O2S. The number of halogens is 3. The summed E-state index contributed by atoms with van der Waals surface area (Å²) in [4.78, 5) is 0. The van der Waals surface area contributed by atoms with Crippen molar-refractivity contribution in [2.45, 2.75) is 53.3 Å². The second-order valence-corrected chi connectivity index (χ2v) is 6.75. The second kappa shape index (κ2) is 8.74. The van der Waals surface area contributed by atoms with Gasteiger partial charge in [0.05, 0.1) is 5.56 Å². The van der Waals surface area contributed by atoms with E-state index in [1.165, 1.54) is 17.7 Å². The van der Waals surface area contributed by atoms with Crippen LogP contribution in [-0.4, -0.2) is 5.05 Å². The first-order valence-electron chi connectivity index (χ1n) is 8.80. The van der Waals surface area contributed by atoms with E-state index in [4.69, 9.17) is 21.7 Å². The number of alkyl halides is 3. The fourth-order valence-electron chi connectivity index (χ4n) is 2.81. The van der Waals surface area contributed by atoms with Crippen molar-refractivity contribution in [2.75, 3.05) is 0 Å². The molecule has 0 unspecified atom stereocenters. The molecule has 0 aliphatic rings. The van der Waals surface area contributed by atoms with Crippen molar-refractivity contribution in [3.63, 3.8) is 0 Å². The summed E-state index contributed by atoms with van der Waals surface area (Å²) >= 11 is 5.03. The average Bonchev–Trinajstić information content (AvgIpc) is 2.61. The van der Waals surface area contributed by atoms with E-state index in [2.05, 4.69) is 6.92 Å². The smallest absolute Gasteiger partial charge is 0.416 e. The minimum absolute atomic E-state index is 0.0579. The highest BCUT2D eigenvalue weighted by atomic mass is 32.1. The maximum absolute atomic E-state index is 13.5. The molecule has 0 radical (unpaired) electrons. The summed E-state index contributed by atoms with van der Waals surface area (Å²) in [5, 5.41) is 0.231. The van der Waals surface area contributed by atoms with E-state index in [0.29, 0.717) is 12.2 Å². The summed E-state index contributed by atoms with van der Waals surface area (Å²) in [6, 6.07) is 7.68. The third kappa shape index (κ3) is 5.22. The minimum atomic E-state index is -4.51. The molecule has 2 aromatic carbocycles. The van der Waals surface area contributed by atoms with E-state index in [1.807, 2.05) is 26.0 Å². The van der Waals surface area contributed by atoms with Crippen LogP contribution in [0, 0.1) is 13.8 Å². The van der Waals surface area contributed by atoms with Gasteiger partial charge in [-0.1, -0.05) is 26.0 Å². The number of ether oxygens (including phenoxy) is 2. The molecule has 0 saturated carbocycles. The quantitative estimate of drug-likeness (QED) is 0.514. The van der Waals surface area contributed by atoms with E-state index >= 15 is 0 Å². The molecule has 0 aliphatic carbocycles. The van der Waals surface area contributed by atoms with E-state index in [1.54, 1.807) is 6.92 Å². The fourth-order valence-corrected chi connectivity index (χ4v) is 2.90. The zero-order valence-electron chi connectivity index (χ0n) is 15.9. The molecule has 0 fully saturated rings. The lowest BCUT2D eigenvalue weighted by Crippen LogP contribution is -2.14. The van der Waals surface area contributed by atoms with E-state index < -0.39 is 11.7 Å². The van der Waals surface area contributed by atoms with Gasteiger partial charge in [-0.3, -0.25) is 0 Å². The van der Waals surface area contributed by atoms with Gasteiger partial charge >= 0.3 is 6.18 Å². The van der Waals surface area contributed by atoms with Crippen molar-refractivity contribution in [3.8, 4) is 11.5 Å². The van der Waals surface area contributed by atoms with Gasteiger partial charge in [0.25, 0.3) is 0 Å². The predicted octanol–water partition coefficient (Wildman–Crippen LogP) is 6.58. The maximum atomic E-state index is 13.5. The van der Waals surface area contributed by atoms with Gasteiger partial charge in [0.1, 0.15) is 18.1 Å². The number of rotatable bonds is 6. The zero-order valence-corrected chi connectivity index (χ0v) is 16.7. The fraction of sp³-hybridized carbons (Fsp3) is 0.381. The molecule has 146 valence electrons. The van der Waals surface area contributed by atoms with Gasteiger partial charge in [0.2, 0.25) is 0 Å². The van der Waals surface area contributed by atoms with Crippen LogP contribution in [0.3, 0.4) is 0 Å². The highest BCUT2D eigenvalue weighted by Crippen LogP contribution is 2.37. The normalized spacial score (nSPS) is 11.4. The monoisotopic (exact) mass is 396 g/mol. The van der Waals surface area contributed by atoms with Crippen LogP contribution in [0.2, 0.25) is 0 Å².